The molecule has 0 aliphatic carbocycles. The van der Waals surface area contributed by atoms with Gasteiger partial charge in [-0.25, -0.2) is 13.8 Å². The number of aromatic nitrogens is 5. The zero-order valence-corrected chi connectivity index (χ0v) is 14.3. The number of nitrogens with zero attached hydrogens (tertiary/aromatic N) is 5. The Morgan fingerprint density at radius 3 is 2.48 bits per heavy atom. The van der Waals surface area contributed by atoms with Gasteiger partial charge in [-0.1, -0.05) is 35.0 Å². The third-order valence-corrected chi connectivity index (χ3v) is 4.19. The third-order valence-electron chi connectivity index (χ3n) is 4.19. The summed E-state index contributed by atoms with van der Waals surface area (Å²) in [4.78, 5) is 25.0. The maximum absolute atomic E-state index is 13.1. The second-order valence-electron chi connectivity index (χ2n) is 6.11. The SMILES string of the molecule is Cc1ccc(C(=O)Cn2nnc3c(cnn3-c3ccc(F)cc3)c2=O)cc1. The van der Waals surface area contributed by atoms with E-state index in [0.717, 1.165) is 10.2 Å². The number of aryl methyl sites for hydroxylation is 1. The van der Waals surface area contributed by atoms with E-state index in [1.165, 1.54) is 35.1 Å². The van der Waals surface area contributed by atoms with E-state index >= 15 is 0 Å². The van der Waals surface area contributed by atoms with Gasteiger partial charge in [-0.15, -0.1) is 5.10 Å². The summed E-state index contributed by atoms with van der Waals surface area (Å²) in [5, 5.41) is 12.3. The molecule has 0 saturated carbocycles. The molecule has 0 fully saturated rings. The fourth-order valence-electron chi connectivity index (χ4n) is 2.71. The molecule has 134 valence electrons. The Bertz CT molecular complexity index is 1190. The van der Waals surface area contributed by atoms with Crippen LogP contribution in [-0.2, 0) is 6.54 Å². The first-order valence-corrected chi connectivity index (χ1v) is 8.20. The molecule has 0 aliphatic rings. The molecule has 0 spiro atoms. The molecule has 0 atom stereocenters. The Hall–Kier alpha value is -3.68. The minimum Gasteiger partial charge on any atom is -0.292 e. The number of benzene rings is 2. The Morgan fingerprint density at radius 1 is 1.07 bits per heavy atom. The van der Waals surface area contributed by atoms with Crippen molar-refractivity contribution in [1.82, 2.24) is 24.8 Å². The first-order valence-electron chi connectivity index (χ1n) is 8.20. The van der Waals surface area contributed by atoms with Gasteiger partial charge < -0.3 is 0 Å². The van der Waals surface area contributed by atoms with Crippen LogP contribution in [0.5, 0.6) is 0 Å². The van der Waals surface area contributed by atoms with Crippen LogP contribution in [0.1, 0.15) is 15.9 Å². The summed E-state index contributed by atoms with van der Waals surface area (Å²) in [6.45, 7) is 1.71. The average molecular weight is 363 g/mol. The highest BCUT2D eigenvalue weighted by molar-refractivity contribution is 5.95. The molecule has 0 bridgehead atoms. The van der Waals surface area contributed by atoms with Crippen LogP contribution in [0, 0.1) is 12.7 Å². The summed E-state index contributed by atoms with van der Waals surface area (Å²) in [6, 6.07) is 12.7. The van der Waals surface area contributed by atoms with Crippen molar-refractivity contribution in [2.45, 2.75) is 13.5 Å². The summed E-state index contributed by atoms with van der Waals surface area (Å²) in [6.07, 6.45) is 1.36. The zero-order valence-electron chi connectivity index (χ0n) is 14.3. The lowest BCUT2D eigenvalue weighted by Gasteiger charge is -2.05. The van der Waals surface area contributed by atoms with Crippen molar-refractivity contribution in [1.29, 1.82) is 0 Å². The number of Topliss-reactive ketones (excluding diaryl/α,β-unsaturated/α-hetero) is 1. The van der Waals surface area contributed by atoms with E-state index in [1.54, 1.807) is 12.1 Å². The minimum atomic E-state index is -0.464. The predicted octanol–water partition coefficient (Wildman–Crippen LogP) is 2.31. The monoisotopic (exact) mass is 363 g/mol. The lowest BCUT2D eigenvalue weighted by Crippen LogP contribution is -2.27. The maximum atomic E-state index is 13.1. The summed E-state index contributed by atoms with van der Waals surface area (Å²) < 4.78 is 15.5. The van der Waals surface area contributed by atoms with Crippen LogP contribution in [0.25, 0.3) is 16.7 Å². The van der Waals surface area contributed by atoms with Gasteiger partial charge in [-0.05, 0) is 31.2 Å². The number of hydrogen-bond donors (Lipinski definition) is 0. The van der Waals surface area contributed by atoms with Gasteiger partial charge in [0.15, 0.2) is 11.4 Å². The van der Waals surface area contributed by atoms with Gasteiger partial charge in [-0.2, -0.15) is 5.10 Å². The first kappa shape index (κ1) is 16.8. The molecule has 4 rings (SSSR count). The molecule has 2 heterocycles. The summed E-state index contributed by atoms with van der Waals surface area (Å²) in [5.41, 5.74) is 1.86. The second kappa shape index (κ2) is 6.56. The van der Waals surface area contributed by atoms with Crippen molar-refractivity contribution in [2.24, 2.45) is 0 Å². The Balaban J connectivity index is 1.69. The van der Waals surface area contributed by atoms with Crippen LogP contribution < -0.4 is 5.56 Å². The number of hydrogen-bond acceptors (Lipinski definition) is 5. The van der Waals surface area contributed by atoms with Crippen LogP contribution in [0.4, 0.5) is 4.39 Å². The van der Waals surface area contributed by atoms with Crippen molar-refractivity contribution in [3.63, 3.8) is 0 Å². The fourth-order valence-corrected chi connectivity index (χ4v) is 2.71. The largest absolute Gasteiger partial charge is 0.292 e. The Labute approximate surface area is 152 Å². The molecule has 7 nitrogen and oxygen atoms in total. The lowest BCUT2D eigenvalue weighted by molar-refractivity contribution is 0.0964. The molecule has 0 unspecified atom stereocenters. The van der Waals surface area contributed by atoms with Crippen molar-refractivity contribution >= 4 is 16.8 Å². The predicted molar refractivity (Wildman–Crippen MR) is 96.4 cm³/mol. The summed E-state index contributed by atoms with van der Waals surface area (Å²) in [7, 11) is 0. The van der Waals surface area contributed by atoms with Gasteiger partial charge >= 0.3 is 0 Å². The smallest absolute Gasteiger partial charge is 0.281 e. The minimum absolute atomic E-state index is 0.216. The van der Waals surface area contributed by atoms with Crippen LogP contribution in [0.3, 0.4) is 0 Å². The molecular weight excluding hydrogens is 349 g/mol. The second-order valence-corrected chi connectivity index (χ2v) is 6.11. The molecule has 0 saturated heterocycles. The van der Waals surface area contributed by atoms with Crippen molar-refractivity contribution < 1.29 is 9.18 Å². The molecule has 0 amide bonds. The van der Waals surface area contributed by atoms with E-state index in [-0.39, 0.29) is 29.2 Å². The van der Waals surface area contributed by atoms with Crippen molar-refractivity contribution in [2.75, 3.05) is 0 Å². The topological polar surface area (TPSA) is 82.7 Å². The fraction of sp³-hybridized carbons (Fsp3) is 0.105. The van der Waals surface area contributed by atoms with E-state index in [9.17, 15) is 14.0 Å². The van der Waals surface area contributed by atoms with Gasteiger partial charge in [0, 0.05) is 5.56 Å². The standard InChI is InChI=1S/C19H14FN5O2/c1-12-2-4-13(5-3-12)17(26)11-24-19(27)16-10-21-25(18(16)22-23-24)15-8-6-14(20)7-9-15/h2-10H,11H2,1H3. The molecule has 8 heteroatoms. The van der Waals surface area contributed by atoms with Gasteiger partial charge in [0.05, 0.1) is 11.9 Å². The Kier molecular flexibility index (Phi) is 4.08. The molecule has 2 aromatic heterocycles. The third kappa shape index (κ3) is 3.12. The van der Waals surface area contributed by atoms with Crippen LogP contribution >= 0.6 is 0 Å². The van der Waals surface area contributed by atoms with E-state index in [4.69, 9.17) is 0 Å². The van der Waals surface area contributed by atoms with E-state index in [0.29, 0.717) is 11.3 Å². The molecule has 0 aliphatic heterocycles. The van der Waals surface area contributed by atoms with Gasteiger partial charge in [0.1, 0.15) is 17.7 Å². The van der Waals surface area contributed by atoms with E-state index < -0.39 is 5.56 Å². The number of halogens is 1. The molecule has 0 N–H and O–H groups in total. The maximum Gasteiger partial charge on any atom is 0.281 e. The molecule has 0 radical (unpaired) electrons. The number of carbonyl (C=O) groups excluding carboxylic acids is 1. The number of rotatable bonds is 4. The van der Waals surface area contributed by atoms with Gasteiger partial charge in [0.2, 0.25) is 0 Å². The van der Waals surface area contributed by atoms with Crippen molar-refractivity contribution in [3.8, 4) is 5.69 Å². The zero-order chi connectivity index (χ0) is 19.0. The van der Waals surface area contributed by atoms with Crippen molar-refractivity contribution in [3.05, 3.63) is 82.0 Å². The normalized spacial score (nSPS) is 11.0. The number of ketones is 1. The Morgan fingerprint density at radius 2 is 1.78 bits per heavy atom. The molecule has 4 aromatic rings. The van der Waals surface area contributed by atoms with Crippen LogP contribution in [-0.4, -0.2) is 30.6 Å². The van der Waals surface area contributed by atoms with Crippen LogP contribution in [0.15, 0.2) is 59.5 Å². The highest BCUT2D eigenvalue weighted by Crippen LogP contribution is 2.13. The summed E-state index contributed by atoms with van der Waals surface area (Å²) >= 11 is 0. The molecular formula is C19H14FN5O2. The highest BCUT2D eigenvalue weighted by Gasteiger charge is 2.15. The molecule has 27 heavy (non-hydrogen) atoms. The number of carbonyl (C=O) groups is 1. The van der Waals surface area contributed by atoms with Crippen LogP contribution in [0.2, 0.25) is 0 Å². The summed E-state index contributed by atoms with van der Waals surface area (Å²) in [5.74, 6) is -0.616. The quantitative estimate of drug-likeness (QED) is 0.520. The number of fused-ring (bicyclic) bond motifs is 1. The molecule has 2 aromatic carbocycles. The average Bonchev–Trinajstić information content (AvgIpc) is 3.10. The van der Waals surface area contributed by atoms with Gasteiger partial charge in [0.25, 0.3) is 5.56 Å². The first-order chi connectivity index (χ1) is 13.0. The lowest BCUT2D eigenvalue weighted by atomic mass is 10.1. The van der Waals surface area contributed by atoms with E-state index in [2.05, 4.69) is 15.4 Å². The van der Waals surface area contributed by atoms with E-state index in [1.807, 2.05) is 19.1 Å². The highest BCUT2D eigenvalue weighted by atomic mass is 19.1. The van der Waals surface area contributed by atoms with Gasteiger partial charge in [-0.3, -0.25) is 9.59 Å².